The lowest BCUT2D eigenvalue weighted by Crippen LogP contribution is -2.35. The molecule has 118 valence electrons. The molecule has 0 saturated carbocycles. The molecule has 1 aliphatic rings. The van der Waals surface area contributed by atoms with Crippen LogP contribution in [-0.2, 0) is 11.0 Å². The Hall–Kier alpha value is -1.51. The van der Waals surface area contributed by atoms with Crippen molar-refractivity contribution in [2.24, 2.45) is 0 Å². The van der Waals surface area contributed by atoms with Gasteiger partial charge in [-0.2, -0.15) is 13.2 Å². The predicted octanol–water partition coefficient (Wildman–Crippen LogP) is 2.63. The Balaban J connectivity index is 2.24. The molecule has 0 radical (unpaired) electrons. The Morgan fingerprint density at radius 2 is 2.00 bits per heavy atom. The minimum atomic E-state index is -4.58. The minimum absolute atomic E-state index is 0.108. The van der Waals surface area contributed by atoms with Gasteiger partial charge in [0.1, 0.15) is 5.69 Å². The second-order valence-corrected chi connectivity index (χ2v) is 4.85. The molecule has 0 amide bonds. The summed E-state index contributed by atoms with van der Waals surface area (Å²) in [5.41, 5.74) is -1.02. The van der Waals surface area contributed by atoms with Crippen molar-refractivity contribution in [2.75, 3.05) is 30.7 Å². The Morgan fingerprint density at radius 1 is 1.33 bits per heavy atom. The van der Waals surface area contributed by atoms with Gasteiger partial charge in [-0.05, 0) is 44.1 Å². The van der Waals surface area contributed by atoms with E-state index >= 15 is 0 Å². The Labute approximate surface area is 120 Å². The van der Waals surface area contributed by atoms with Gasteiger partial charge in [-0.1, -0.05) is 0 Å². The number of nitrogens with one attached hydrogen (secondary N) is 2. The van der Waals surface area contributed by atoms with Crippen molar-refractivity contribution >= 4 is 11.4 Å². The van der Waals surface area contributed by atoms with Crippen molar-refractivity contribution < 1.29 is 23.2 Å². The topological polar surface area (TPSA) is 56.8 Å². The zero-order chi connectivity index (χ0) is 15.5. The highest BCUT2D eigenvalue weighted by molar-refractivity contribution is 5.60. The second-order valence-electron chi connectivity index (χ2n) is 4.85. The number of alkyl halides is 3. The molecule has 1 aliphatic heterocycles. The highest BCUT2D eigenvalue weighted by Crippen LogP contribution is 2.38. The van der Waals surface area contributed by atoms with E-state index in [9.17, 15) is 18.4 Å². The summed E-state index contributed by atoms with van der Waals surface area (Å²) in [6.07, 6.45) is -2.87. The van der Waals surface area contributed by atoms with Crippen LogP contribution in [0.2, 0.25) is 0 Å². The van der Waals surface area contributed by atoms with Crippen LogP contribution < -0.4 is 15.9 Å². The maximum atomic E-state index is 13.1. The number of nitrogens with zero attached hydrogens (tertiary/aromatic N) is 1. The van der Waals surface area contributed by atoms with E-state index in [1.807, 2.05) is 0 Å². The van der Waals surface area contributed by atoms with E-state index in [-0.39, 0.29) is 11.3 Å². The number of rotatable bonds is 4. The van der Waals surface area contributed by atoms with Crippen LogP contribution in [0, 0.1) is 0 Å². The average Bonchev–Trinajstić information content (AvgIpc) is 2.46. The molecule has 21 heavy (non-hydrogen) atoms. The molecule has 0 aliphatic carbocycles. The first kappa shape index (κ1) is 15.9. The molecule has 1 aromatic carbocycles. The summed E-state index contributed by atoms with van der Waals surface area (Å²) in [7, 11) is 1.08. The van der Waals surface area contributed by atoms with Gasteiger partial charge in [0.2, 0.25) is 0 Å². The summed E-state index contributed by atoms with van der Waals surface area (Å²) < 4.78 is 39.2. The smallest absolute Gasteiger partial charge is 0.382 e. The highest BCUT2D eigenvalue weighted by atomic mass is 19.4. The SMILES string of the molecule is CON(O)c1ccc(NC2CCNCC2)cc1C(F)(F)F. The first-order chi connectivity index (χ1) is 9.91. The van der Waals surface area contributed by atoms with E-state index in [0.29, 0.717) is 5.69 Å². The van der Waals surface area contributed by atoms with Gasteiger partial charge in [0, 0.05) is 11.7 Å². The molecule has 0 aromatic heterocycles. The van der Waals surface area contributed by atoms with Gasteiger partial charge in [-0.25, -0.2) is 0 Å². The van der Waals surface area contributed by atoms with Crippen molar-refractivity contribution in [3.8, 4) is 0 Å². The summed E-state index contributed by atoms with van der Waals surface area (Å²) in [5, 5.41) is 15.8. The largest absolute Gasteiger partial charge is 0.418 e. The van der Waals surface area contributed by atoms with Crippen LogP contribution >= 0.6 is 0 Å². The molecule has 8 heteroatoms. The summed E-state index contributed by atoms with van der Waals surface area (Å²) in [5.74, 6) is 0. The van der Waals surface area contributed by atoms with Crippen molar-refractivity contribution in [3.63, 3.8) is 0 Å². The van der Waals surface area contributed by atoms with Crippen LogP contribution in [0.15, 0.2) is 18.2 Å². The molecule has 0 spiro atoms. The third-order valence-corrected chi connectivity index (χ3v) is 3.39. The Kier molecular flexibility index (Phi) is 4.92. The predicted molar refractivity (Wildman–Crippen MR) is 72.2 cm³/mol. The van der Waals surface area contributed by atoms with Crippen LogP contribution in [0.25, 0.3) is 0 Å². The normalized spacial score (nSPS) is 16.8. The third-order valence-electron chi connectivity index (χ3n) is 3.39. The van der Waals surface area contributed by atoms with Gasteiger partial charge in [-0.15, -0.1) is 5.23 Å². The molecule has 1 saturated heterocycles. The summed E-state index contributed by atoms with van der Waals surface area (Å²) in [4.78, 5) is 4.42. The van der Waals surface area contributed by atoms with Crippen molar-refractivity contribution in [2.45, 2.75) is 25.1 Å². The van der Waals surface area contributed by atoms with E-state index in [1.54, 1.807) is 0 Å². The van der Waals surface area contributed by atoms with Gasteiger partial charge in [0.05, 0.1) is 12.7 Å². The minimum Gasteiger partial charge on any atom is -0.382 e. The zero-order valence-corrected chi connectivity index (χ0v) is 11.6. The second kappa shape index (κ2) is 6.50. The van der Waals surface area contributed by atoms with Crippen LogP contribution in [0.4, 0.5) is 24.5 Å². The maximum Gasteiger partial charge on any atom is 0.418 e. The van der Waals surface area contributed by atoms with Crippen LogP contribution in [0.5, 0.6) is 0 Å². The van der Waals surface area contributed by atoms with Crippen LogP contribution in [0.3, 0.4) is 0 Å². The molecule has 1 fully saturated rings. The lowest BCUT2D eigenvalue weighted by molar-refractivity contribution is -0.139. The van der Waals surface area contributed by atoms with Crippen LogP contribution in [-0.4, -0.2) is 31.4 Å². The fourth-order valence-electron chi connectivity index (χ4n) is 2.32. The molecule has 2 rings (SSSR count). The quantitative estimate of drug-likeness (QED) is 0.747. The van der Waals surface area contributed by atoms with Gasteiger partial charge < -0.3 is 10.6 Å². The standard InChI is InChI=1S/C13H18F3N3O2/c1-21-19(20)12-3-2-10(8-11(12)13(14,15)16)18-9-4-6-17-7-5-9/h2-3,8-9,17-18,20H,4-7H2,1H3. The molecule has 0 atom stereocenters. The number of hydrogen-bond acceptors (Lipinski definition) is 5. The van der Waals surface area contributed by atoms with Gasteiger partial charge >= 0.3 is 6.18 Å². The molecule has 0 bridgehead atoms. The number of hydrogen-bond donors (Lipinski definition) is 3. The monoisotopic (exact) mass is 305 g/mol. The number of halogens is 3. The van der Waals surface area contributed by atoms with Crippen molar-refractivity contribution in [1.29, 1.82) is 0 Å². The fraction of sp³-hybridized carbons (Fsp3) is 0.538. The van der Waals surface area contributed by atoms with E-state index in [2.05, 4.69) is 15.5 Å². The third kappa shape index (κ3) is 3.99. The molecular formula is C13H18F3N3O2. The lowest BCUT2D eigenvalue weighted by Gasteiger charge is -2.26. The van der Waals surface area contributed by atoms with E-state index in [0.717, 1.165) is 39.1 Å². The average molecular weight is 305 g/mol. The zero-order valence-electron chi connectivity index (χ0n) is 11.6. The molecule has 1 aromatic rings. The van der Waals surface area contributed by atoms with Gasteiger partial charge in [0.25, 0.3) is 0 Å². The number of piperidine rings is 1. The highest BCUT2D eigenvalue weighted by Gasteiger charge is 2.35. The molecular weight excluding hydrogens is 287 g/mol. The molecule has 1 heterocycles. The van der Waals surface area contributed by atoms with Crippen molar-refractivity contribution in [1.82, 2.24) is 5.32 Å². The summed E-state index contributed by atoms with van der Waals surface area (Å²) in [6.45, 7) is 1.69. The van der Waals surface area contributed by atoms with E-state index in [4.69, 9.17) is 0 Å². The number of anilines is 2. The Morgan fingerprint density at radius 3 is 2.57 bits per heavy atom. The molecule has 0 unspecified atom stereocenters. The van der Waals surface area contributed by atoms with Gasteiger partial charge in [0.15, 0.2) is 0 Å². The summed E-state index contributed by atoms with van der Waals surface area (Å²) >= 11 is 0. The number of benzene rings is 1. The first-order valence-electron chi connectivity index (χ1n) is 6.63. The van der Waals surface area contributed by atoms with E-state index in [1.165, 1.54) is 12.1 Å². The van der Waals surface area contributed by atoms with E-state index < -0.39 is 17.4 Å². The van der Waals surface area contributed by atoms with Crippen molar-refractivity contribution in [3.05, 3.63) is 23.8 Å². The fourth-order valence-corrected chi connectivity index (χ4v) is 2.32. The maximum absolute atomic E-state index is 13.1. The van der Waals surface area contributed by atoms with Crippen LogP contribution in [0.1, 0.15) is 18.4 Å². The lowest BCUT2D eigenvalue weighted by atomic mass is 10.1. The molecule has 5 nitrogen and oxygen atoms in total. The summed E-state index contributed by atoms with van der Waals surface area (Å²) in [6, 6.07) is 3.80. The molecule has 3 N–H and O–H groups in total. The van der Waals surface area contributed by atoms with Gasteiger partial charge in [-0.3, -0.25) is 10.0 Å². The Bertz CT molecular complexity index is 476. The first-order valence-corrected chi connectivity index (χ1v) is 6.63.